The van der Waals surface area contributed by atoms with E-state index in [1.807, 2.05) is 0 Å². The zero-order chi connectivity index (χ0) is 13.9. The number of rotatable bonds is 4. The van der Waals surface area contributed by atoms with Gasteiger partial charge in [0.2, 0.25) is 0 Å². The topological polar surface area (TPSA) is 86.7 Å². The third-order valence-electron chi connectivity index (χ3n) is 2.51. The molecule has 1 aromatic carbocycles. The predicted molar refractivity (Wildman–Crippen MR) is 58.5 cm³/mol. The van der Waals surface area contributed by atoms with Gasteiger partial charge in [0.25, 0.3) is 0 Å². The Labute approximate surface area is 101 Å². The van der Waals surface area contributed by atoms with E-state index in [1.165, 1.54) is 0 Å². The molecule has 5 N–H and O–H groups in total. The SMILES string of the molecule is Nc1cc(C(O)C(O)CCO)ccc1C(F)(F)F. The maximum atomic E-state index is 12.4. The lowest BCUT2D eigenvalue weighted by atomic mass is 10.00. The van der Waals surface area contributed by atoms with Crippen LogP contribution in [-0.4, -0.2) is 28.0 Å². The third kappa shape index (κ3) is 3.34. The fourth-order valence-electron chi connectivity index (χ4n) is 1.54. The van der Waals surface area contributed by atoms with Gasteiger partial charge in [-0.25, -0.2) is 0 Å². The van der Waals surface area contributed by atoms with Gasteiger partial charge in [0.15, 0.2) is 0 Å². The molecule has 1 aromatic rings. The molecule has 0 spiro atoms. The molecule has 0 amide bonds. The summed E-state index contributed by atoms with van der Waals surface area (Å²) < 4.78 is 37.3. The molecule has 0 fully saturated rings. The van der Waals surface area contributed by atoms with Crippen LogP contribution in [0.5, 0.6) is 0 Å². The van der Waals surface area contributed by atoms with E-state index in [1.54, 1.807) is 0 Å². The standard InChI is InChI=1S/C11H14F3NO3/c12-11(13,14)7-2-1-6(5-8(7)15)10(18)9(17)3-4-16/h1-2,5,9-10,16-18H,3-4,15H2. The summed E-state index contributed by atoms with van der Waals surface area (Å²) in [6.45, 7) is -0.339. The van der Waals surface area contributed by atoms with Gasteiger partial charge in [0.1, 0.15) is 6.10 Å². The van der Waals surface area contributed by atoms with Crippen molar-refractivity contribution >= 4 is 5.69 Å². The number of aliphatic hydroxyl groups is 3. The van der Waals surface area contributed by atoms with Crippen LogP contribution in [-0.2, 0) is 6.18 Å². The molecule has 0 aromatic heterocycles. The number of aliphatic hydroxyl groups excluding tert-OH is 3. The molecule has 102 valence electrons. The highest BCUT2D eigenvalue weighted by molar-refractivity contribution is 5.51. The van der Waals surface area contributed by atoms with Crippen molar-refractivity contribution in [3.63, 3.8) is 0 Å². The van der Waals surface area contributed by atoms with Crippen LogP contribution in [0.15, 0.2) is 18.2 Å². The third-order valence-corrected chi connectivity index (χ3v) is 2.51. The molecule has 0 aliphatic heterocycles. The molecule has 0 aliphatic rings. The minimum absolute atomic E-state index is 0.0708. The van der Waals surface area contributed by atoms with Gasteiger partial charge in [0.05, 0.1) is 11.7 Å². The Balaban J connectivity index is 2.97. The fourth-order valence-corrected chi connectivity index (χ4v) is 1.54. The first-order valence-corrected chi connectivity index (χ1v) is 5.21. The number of nitrogen functional groups attached to an aromatic ring is 1. The van der Waals surface area contributed by atoms with Crippen LogP contribution in [0.1, 0.15) is 23.7 Å². The molecule has 2 unspecified atom stereocenters. The summed E-state index contributed by atoms with van der Waals surface area (Å²) in [5.74, 6) is 0. The second kappa shape index (κ2) is 5.55. The summed E-state index contributed by atoms with van der Waals surface area (Å²) in [4.78, 5) is 0. The molecule has 0 radical (unpaired) electrons. The Kier molecular flexibility index (Phi) is 4.55. The Morgan fingerprint density at radius 3 is 2.28 bits per heavy atom. The van der Waals surface area contributed by atoms with Crippen LogP contribution < -0.4 is 5.73 Å². The van der Waals surface area contributed by atoms with E-state index in [2.05, 4.69) is 0 Å². The molecular formula is C11H14F3NO3. The van der Waals surface area contributed by atoms with Crippen LogP contribution in [0.25, 0.3) is 0 Å². The Morgan fingerprint density at radius 1 is 1.22 bits per heavy atom. The van der Waals surface area contributed by atoms with E-state index < -0.39 is 29.6 Å². The van der Waals surface area contributed by atoms with Crippen LogP contribution in [0.4, 0.5) is 18.9 Å². The van der Waals surface area contributed by atoms with E-state index >= 15 is 0 Å². The molecule has 1 rings (SSSR count). The molecule has 7 heteroatoms. The molecule has 0 aliphatic carbocycles. The summed E-state index contributed by atoms with van der Waals surface area (Å²) in [5.41, 5.74) is 3.82. The van der Waals surface area contributed by atoms with Crippen LogP contribution in [0.3, 0.4) is 0 Å². The van der Waals surface area contributed by atoms with Crippen molar-refractivity contribution in [2.45, 2.75) is 24.8 Å². The van der Waals surface area contributed by atoms with Gasteiger partial charge in [-0.15, -0.1) is 0 Å². The number of benzene rings is 1. The molecule has 0 saturated heterocycles. The summed E-state index contributed by atoms with van der Waals surface area (Å²) in [7, 11) is 0. The molecular weight excluding hydrogens is 251 g/mol. The smallest absolute Gasteiger partial charge is 0.398 e. The lowest BCUT2D eigenvalue weighted by Crippen LogP contribution is -2.20. The highest BCUT2D eigenvalue weighted by Gasteiger charge is 2.33. The first kappa shape index (κ1) is 14.7. The quantitative estimate of drug-likeness (QED) is 0.613. The number of halogens is 3. The van der Waals surface area contributed by atoms with Gasteiger partial charge >= 0.3 is 6.18 Å². The van der Waals surface area contributed by atoms with Crippen molar-refractivity contribution in [3.8, 4) is 0 Å². The molecule has 0 saturated carbocycles. The highest BCUT2D eigenvalue weighted by Crippen LogP contribution is 2.35. The van der Waals surface area contributed by atoms with Crippen LogP contribution >= 0.6 is 0 Å². The predicted octanol–water partition coefficient (Wildman–Crippen LogP) is 1.06. The minimum Gasteiger partial charge on any atom is -0.398 e. The zero-order valence-electron chi connectivity index (χ0n) is 9.35. The van der Waals surface area contributed by atoms with Crippen LogP contribution in [0.2, 0.25) is 0 Å². The van der Waals surface area contributed by atoms with Gasteiger partial charge in [-0.05, 0) is 24.1 Å². The monoisotopic (exact) mass is 265 g/mol. The molecule has 0 heterocycles. The maximum absolute atomic E-state index is 12.4. The van der Waals surface area contributed by atoms with Crippen LogP contribution in [0, 0.1) is 0 Å². The molecule has 0 bridgehead atoms. The molecule has 2 atom stereocenters. The Bertz CT molecular complexity index is 409. The Hall–Kier alpha value is -1.31. The van der Waals surface area contributed by atoms with Crippen molar-refractivity contribution in [2.24, 2.45) is 0 Å². The van der Waals surface area contributed by atoms with Crippen molar-refractivity contribution in [3.05, 3.63) is 29.3 Å². The number of alkyl halides is 3. The van der Waals surface area contributed by atoms with Gasteiger partial charge in [-0.1, -0.05) is 6.07 Å². The average molecular weight is 265 g/mol. The van der Waals surface area contributed by atoms with Crippen molar-refractivity contribution in [2.75, 3.05) is 12.3 Å². The summed E-state index contributed by atoms with van der Waals surface area (Å²) in [6.07, 6.45) is -7.29. The number of hydrogen-bond acceptors (Lipinski definition) is 4. The van der Waals surface area contributed by atoms with E-state index in [-0.39, 0.29) is 18.6 Å². The largest absolute Gasteiger partial charge is 0.418 e. The fraction of sp³-hybridized carbons (Fsp3) is 0.455. The van der Waals surface area contributed by atoms with Crippen molar-refractivity contribution < 1.29 is 28.5 Å². The molecule has 18 heavy (non-hydrogen) atoms. The normalized spacial score (nSPS) is 15.4. The summed E-state index contributed by atoms with van der Waals surface area (Å²) in [5, 5.41) is 27.7. The Morgan fingerprint density at radius 2 is 1.83 bits per heavy atom. The second-order valence-corrected chi connectivity index (χ2v) is 3.87. The highest BCUT2D eigenvalue weighted by atomic mass is 19.4. The number of hydrogen-bond donors (Lipinski definition) is 4. The van der Waals surface area contributed by atoms with Crippen molar-refractivity contribution in [1.29, 1.82) is 0 Å². The van der Waals surface area contributed by atoms with E-state index in [0.717, 1.165) is 18.2 Å². The first-order chi connectivity index (χ1) is 8.27. The van der Waals surface area contributed by atoms with Gasteiger partial charge < -0.3 is 21.1 Å². The number of anilines is 1. The van der Waals surface area contributed by atoms with Crippen molar-refractivity contribution in [1.82, 2.24) is 0 Å². The van der Waals surface area contributed by atoms with E-state index in [9.17, 15) is 23.4 Å². The van der Waals surface area contributed by atoms with Gasteiger partial charge in [-0.2, -0.15) is 13.2 Å². The summed E-state index contributed by atoms with van der Waals surface area (Å²) >= 11 is 0. The first-order valence-electron chi connectivity index (χ1n) is 5.21. The van der Waals surface area contributed by atoms with E-state index in [0.29, 0.717) is 0 Å². The summed E-state index contributed by atoms with van der Waals surface area (Å²) in [6, 6.07) is 2.76. The lowest BCUT2D eigenvalue weighted by molar-refractivity contribution is -0.136. The maximum Gasteiger partial charge on any atom is 0.418 e. The lowest BCUT2D eigenvalue weighted by Gasteiger charge is -2.19. The second-order valence-electron chi connectivity index (χ2n) is 3.87. The van der Waals surface area contributed by atoms with Gasteiger partial charge in [-0.3, -0.25) is 0 Å². The number of nitrogens with two attached hydrogens (primary N) is 1. The van der Waals surface area contributed by atoms with Gasteiger partial charge in [0, 0.05) is 12.3 Å². The average Bonchev–Trinajstić information content (AvgIpc) is 2.26. The minimum atomic E-state index is -4.56. The zero-order valence-corrected chi connectivity index (χ0v) is 9.35. The van der Waals surface area contributed by atoms with E-state index in [4.69, 9.17) is 10.8 Å². The molecule has 4 nitrogen and oxygen atoms in total.